The molecule has 2 aliphatic heterocycles. The molecule has 1 saturated heterocycles. The van der Waals surface area contributed by atoms with Gasteiger partial charge in [0, 0.05) is 6.20 Å². The first-order chi connectivity index (χ1) is 10.6. The number of hydrogen-bond donors (Lipinski definition) is 3. The van der Waals surface area contributed by atoms with Gasteiger partial charge in [-0.2, -0.15) is 0 Å². The molecule has 2 aliphatic rings. The number of amides is 1. The van der Waals surface area contributed by atoms with E-state index in [1.165, 1.54) is 17.2 Å². The Bertz CT molecular complexity index is 595. The number of aliphatic hydroxyl groups excluding tert-OH is 2. The Hall–Kier alpha value is -1.33. The first-order valence-electron chi connectivity index (χ1n) is 7.46. The first kappa shape index (κ1) is 18.0. The maximum absolute atomic E-state index is 11.7. The van der Waals surface area contributed by atoms with Crippen LogP contribution in [-0.2, 0) is 9.53 Å². The number of hydrogen-bond acceptors (Lipinski definition) is 5. The Balaban J connectivity index is 2.15. The first-order valence-corrected chi connectivity index (χ1v) is 10.5. The molecule has 23 heavy (non-hydrogen) atoms. The van der Waals surface area contributed by atoms with Gasteiger partial charge in [0.2, 0.25) is 0 Å². The number of rotatable bonds is 5. The van der Waals surface area contributed by atoms with Crippen LogP contribution in [0.5, 0.6) is 0 Å². The molecule has 0 spiro atoms. The SMILES string of the molecule is C=CC1=CN(C2O[C@H](CCP(=C)(C)C)[C@@H](O)[C@H]2O)C(=C)NC1=O. The predicted octanol–water partition coefficient (Wildman–Crippen LogP) is 0.505. The minimum atomic E-state index is -1.24. The van der Waals surface area contributed by atoms with Crippen LogP contribution in [0.1, 0.15) is 6.42 Å². The second-order valence-corrected chi connectivity index (χ2v) is 10.9. The van der Waals surface area contributed by atoms with Crippen molar-refractivity contribution in [1.82, 2.24) is 10.2 Å². The van der Waals surface area contributed by atoms with Crippen LogP contribution in [0.3, 0.4) is 0 Å². The normalized spacial score (nSPS) is 31.8. The number of nitrogens with zero attached hydrogens (tertiary/aromatic N) is 1. The molecular formula is C16H25N2O4P. The number of ether oxygens (including phenoxy) is 1. The van der Waals surface area contributed by atoms with Crippen LogP contribution in [0.25, 0.3) is 0 Å². The van der Waals surface area contributed by atoms with E-state index in [1.54, 1.807) is 0 Å². The van der Waals surface area contributed by atoms with Crippen LogP contribution in [-0.4, -0.2) is 71.4 Å². The Morgan fingerprint density at radius 2 is 2.09 bits per heavy atom. The monoisotopic (exact) mass is 340 g/mol. The van der Waals surface area contributed by atoms with Crippen LogP contribution in [0.15, 0.2) is 36.8 Å². The third-order valence-electron chi connectivity index (χ3n) is 3.96. The van der Waals surface area contributed by atoms with Crippen LogP contribution < -0.4 is 5.32 Å². The molecule has 0 aromatic heterocycles. The molecule has 1 unspecified atom stereocenters. The molecule has 128 valence electrons. The van der Waals surface area contributed by atoms with E-state index in [0.717, 1.165) is 6.16 Å². The number of aliphatic hydroxyl groups is 2. The van der Waals surface area contributed by atoms with Crippen molar-refractivity contribution >= 4 is 19.1 Å². The smallest absolute Gasteiger partial charge is 0.258 e. The number of carbonyl (C=O) groups is 1. The molecule has 1 amide bonds. The third-order valence-corrected chi connectivity index (χ3v) is 5.43. The molecule has 4 atom stereocenters. The quantitative estimate of drug-likeness (QED) is 0.635. The average molecular weight is 340 g/mol. The van der Waals surface area contributed by atoms with E-state index in [4.69, 9.17) is 4.74 Å². The highest BCUT2D eigenvalue weighted by molar-refractivity contribution is 7.72. The van der Waals surface area contributed by atoms with Crippen molar-refractivity contribution in [1.29, 1.82) is 0 Å². The summed E-state index contributed by atoms with van der Waals surface area (Å²) < 4.78 is 5.84. The molecule has 2 rings (SSSR count). The number of nitrogens with one attached hydrogen (secondary N) is 1. The van der Waals surface area contributed by atoms with Crippen LogP contribution in [0.2, 0.25) is 0 Å². The van der Waals surface area contributed by atoms with E-state index in [0.29, 0.717) is 17.8 Å². The van der Waals surface area contributed by atoms with Crippen molar-refractivity contribution in [2.45, 2.75) is 31.0 Å². The molecule has 0 bridgehead atoms. The molecule has 0 saturated carbocycles. The molecule has 0 aliphatic carbocycles. The summed E-state index contributed by atoms with van der Waals surface area (Å²) in [5.41, 5.74) is 0.343. The maximum Gasteiger partial charge on any atom is 0.258 e. The predicted molar refractivity (Wildman–Crippen MR) is 93.4 cm³/mol. The minimum Gasteiger partial charge on any atom is -0.388 e. The summed E-state index contributed by atoms with van der Waals surface area (Å²) >= 11 is 0. The molecule has 2 heterocycles. The zero-order valence-electron chi connectivity index (χ0n) is 13.6. The van der Waals surface area contributed by atoms with Gasteiger partial charge in [0.05, 0.1) is 11.7 Å². The van der Waals surface area contributed by atoms with E-state index >= 15 is 0 Å². The topological polar surface area (TPSA) is 82.0 Å². The summed E-state index contributed by atoms with van der Waals surface area (Å²) in [6.07, 6.45) is 5.22. The van der Waals surface area contributed by atoms with Gasteiger partial charge in [0.25, 0.3) is 5.91 Å². The average Bonchev–Trinajstić information content (AvgIpc) is 2.73. The molecule has 7 heteroatoms. The zero-order valence-corrected chi connectivity index (χ0v) is 14.5. The van der Waals surface area contributed by atoms with Crippen LogP contribution in [0, 0.1) is 0 Å². The Morgan fingerprint density at radius 1 is 1.43 bits per heavy atom. The fourth-order valence-electron chi connectivity index (χ4n) is 2.60. The van der Waals surface area contributed by atoms with Gasteiger partial charge in [-0.05, 0) is 25.9 Å². The lowest BCUT2D eigenvalue weighted by Crippen LogP contribution is -2.47. The highest BCUT2D eigenvalue weighted by atomic mass is 31.2. The van der Waals surface area contributed by atoms with Gasteiger partial charge in [0.1, 0.15) is 18.0 Å². The lowest BCUT2D eigenvalue weighted by molar-refractivity contribution is -0.119. The summed E-state index contributed by atoms with van der Waals surface area (Å²) in [5.74, 6) is -0.0167. The Labute approximate surface area is 137 Å². The lowest BCUT2D eigenvalue weighted by atomic mass is 10.1. The molecule has 0 aromatic carbocycles. The van der Waals surface area contributed by atoms with Crippen molar-refractivity contribution in [2.24, 2.45) is 0 Å². The Kier molecular flexibility index (Phi) is 5.21. The van der Waals surface area contributed by atoms with E-state index < -0.39 is 31.4 Å². The fraction of sp³-hybridized carbons (Fsp3) is 0.500. The molecule has 6 nitrogen and oxygen atoms in total. The Morgan fingerprint density at radius 3 is 2.65 bits per heavy atom. The summed E-state index contributed by atoms with van der Waals surface area (Å²) in [7, 11) is 0. The molecular weight excluding hydrogens is 315 g/mol. The van der Waals surface area contributed by atoms with Crippen molar-refractivity contribution in [3.05, 3.63) is 36.8 Å². The maximum atomic E-state index is 11.7. The van der Waals surface area contributed by atoms with E-state index in [-0.39, 0.29) is 5.91 Å². The highest BCUT2D eigenvalue weighted by Crippen LogP contribution is 2.38. The molecule has 3 N–H and O–H groups in total. The molecule has 0 radical (unpaired) electrons. The van der Waals surface area contributed by atoms with Gasteiger partial charge in [-0.15, -0.1) is 13.2 Å². The van der Waals surface area contributed by atoms with Crippen molar-refractivity contribution in [3.63, 3.8) is 0 Å². The summed E-state index contributed by atoms with van der Waals surface area (Å²) in [5, 5.41) is 23.2. The highest BCUT2D eigenvalue weighted by Gasteiger charge is 2.46. The van der Waals surface area contributed by atoms with Crippen molar-refractivity contribution < 1.29 is 19.7 Å². The second kappa shape index (κ2) is 6.65. The lowest BCUT2D eigenvalue weighted by Gasteiger charge is -2.34. The second-order valence-electron chi connectivity index (χ2n) is 6.59. The minimum absolute atomic E-state index is 0.294. The number of carbonyl (C=O) groups excluding carboxylic acids is 1. The third kappa shape index (κ3) is 3.96. The van der Waals surface area contributed by atoms with E-state index in [2.05, 4.69) is 38.1 Å². The van der Waals surface area contributed by atoms with E-state index in [1.807, 2.05) is 0 Å². The van der Waals surface area contributed by atoms with Gasteiger partial charge in [-0.3, -0.25) is 4.79 Å². The van der Waals surface area contributed by atoms with Gasteiger partial charge in [0.15, 0.2) is 6.23 Å². The molecule has 1 fully saturated rings. The van der Waals surface area contributed by atoms with Crippen LogP contribution in [0.4, 0.5) is 0 Å². The van der Waals surface area contributed by atoms with Crippen molar-refractivity contribution in [3.8, 4) is 0 Å². The molecule has 0 aromatic rings. The van der Waals surface area contributed by atoms with Gasteiger partial charge < -0.3 is 25.2 Å². The summed E-state index contributed by atoms with van der Waals surface area (Å²) in [6.45, 7) is 10.3. The largest absolute Gasteiger partial charge is 0.388 e. The zero-order chi connectivity index (χ0) is 17.4. The van der Waals surface area contributed by atoms with Crippen molar-refractivity contribution in [2.75, 3.05) is 19.5 Å². The van der Waals surface area contributed by atoms with Gasteiger partial charge in [-0.1, -0.05) is 19.2 Å². The standard InChI is InChI=1S/C16H25N2O4P/c1-6-11-9-18(10(2)17-15(11)21)16-14(20)13(19)12(22-16)7-8-23(3,4)5/h6,9,12-14,16,19-20H,1-3,7-8H2,4-5H3,(H,17,21)/t12-,13-,14-,16?/m1/s1. The van der Waals surface area contributed by atoms with E-state index in [9.17, 15) is 15.0 Å². The van der Waals surface area contributed by atoms with Gasteiger partial charge in [-0.25, -0.2) is 0 Å². The van der Waals surface area contributed by atoms with Crippen LogP contribution >= 0.6 is 6.89 Å². The summed E-state index contributed by atoms with van der Waals surface area (Å²) in [6, 6.07) is 0. The fourth-order valence-corrected chi connectivity index (χ4v) is 3.55. The van der Waals surface area contributed by atoms with Gasteiger partial charge >= 0.3 is 0 Å². The summed E-state index contributed by atoms with van der Waals surface area (Å²) in [4.78, 5) is 13.2.